The monoisotopic (exact) mass is 990 g/mol. The lowest BCUT2D eigenvalue weighted by Gasteiger charge is -2.30. The molecule has 0 saturated heterocycles. The van der Waals surface area contributed by atoms with Gasteiger partial charge in [0.1, 0.15) is 30.8 Å². The van der Waals surface area contributed by atoms with Crippen LogP contribution in [-0.4, -0.2) is 93.7 Å². The third-order valence-electron chi connectivity index (χ3n) is 13.6. The lowest BCUT2D eigenvalue weighted by atomic mass is 9.81. The predicted molar refractivity (Wildman–Crippen MR) is 276 cm³/mol. The predicted octanol–water partition coefficient (Wildman–Crippen LogP) is 6.37. The molecule has 7 aromatic rings. The van der Waals surface area contributed by atoms with Gasteiger partial charge in [0.25, 0.3) is 0 Å². The molecule has 0 bridgehead atoms. The number of amides is 5. The molecular weight excluding hydrogens is 929 g/mol. The number of aromatic nitrogens is 3. The quantitative estimate of drug-likeness (QED) is 0.0373. The average Bonchev–Trinajstić information content (AvgIpc) is 4.14. The van der Waals surface area contributed by atoms with Crippen molar-refractivity contribution in [3.63, 3.8) is 0 Å². The zero-order valence-corrected chi connectivity index (χ0v) is 41.1. The van der Waals surface area contributed by atoms with Crippen LogP contribution in [0.1, 0.15) is 68.2 Å². The molecule has 5 amide bonds. The number of ether oxygens (including phenoxy) is 2. The fourth-order valence-corrected chi connectivity index (χ4v) is 9.66. The van der Waals surface area contributed by atoms with E-state index in [0.29, 0.717) is 19.3 Å². The molecule has 1 saturated carbocycles. The molecule has 1 aliphatic rings. The van der Waals surface area contributed by atoms with Crippen molar-refractivity contribution in [1.82, 2.24) is 41.5 Å². The van der Waals surface area contributed by atoms with Crippen molar-refractivity contribution in [3.05, 3.63) is 144 Å². The second-order valence-electron chi connectivity index (χ2n) is 19.0. The highest BCUT2D eigenvalue weighted by Crippen LogP contribution is 2.27. The number of hydrogen-bond donors (Lipinski definition) is 8. The molecule has 17 heteroatoms. The van der Waals surface area contributed by atoms with E-state index in [1.54, 1.807) is 32.4 Å². The normalized spacial score (nSPS) is 16.3. The molecule has 0 spiro atoms. The molecule has 3 aromatic heterocycles. The molecule has 17 nitrogen and oxygen atoms in total. The summed E-state index contributed by atoms with van der Waals surface area (Å²) in [5, 5.41) is 16.8. The molecule has 73 heavy (non-hydrogen) atoms. The van der Waals surface area contributed by atoms with E-state index >= 15 is 0 Å². The first-order chi connectivity index (χ1) is 35.3. The Morgan fingerprint density at radius 2 is 1.10 bits per heavy atom. The minimum Gasteiger partial charge on any atom is -0.467 e. The number of benzene rings is 4. The molecule has 3 heterocycles. The molecule has 8 N–H and O–H groups in total. The summed E-state index contributed by atoms with van der Waals surface area (Å²) in [6.45, 7) is 3.53. The van der Waals surface area contributed by atoms with E-state index in [9.17, 15) is 33.6 Å². The number of hydrogen-bond acceptors (Lipinski definition) is 9. The number of esters is 1. The SMILES string of the molecule is COC(=O)[C@@H](NC(=O)[C@H](Cc1c[nH]c2ccccc12)NC(=O)CC[C@H]1CCC[C@@H](NC(=O)[C@H](Cc2c[nH]c3ccccc23)NC(=O)[C@H](Cc2c[nH]c3ccccc23)NC(=O)OCc2ccccc2)C1=O)C(C)C. The van der Waals surface area contributed by atoms with Crippen molar-refractivity contribution in [3.8, 4) is 0 Å². The maximum Gasteiger partial charge on any atom is 0.408 e. The molecule has 4 aromatic carbocycles. The van der Waals surface area contributed by atoms with Gasteiger partial charge in [-0.2, -0.15) is 0 Å². The van der Waals surface area contributed by atoms with Crippen LogP contribution in [0.25, 0.3) is 32.7 Å². The van der Waals surface area contributed by atoms with E-state index in [1.807, 2.05) is 103 Å². The van der Waals surface area contributed by atoms with Gasteiger partial charge in [0.05, 0.1) is 13.2 Å². The van der Waals surface area contributed by atoms with Crippen molar-refractivity contribution in [2.45, 2.75) is 102 Å². The Morgan fingerprint density at radius 1 is 0.603 bits per heavy atom. The topological polar surface area (TPSA) is 245 Å². The van der Waals surface area contributed by atoms with Gasteiger partial charge in [-0.3, -0.25) is 24.0 Å². The van der Waals surface area contributed by atoms with Crippen molar-refractivity contribution in [2.75, 3.05) is 7.11 Å². The number of Topliss-reactive ketones (excluding diaryl/α,β-unsaturated/α-hetero) is 1. The van der Waals surface area contributed by atoms with Crippen LogP contribution in [0, 0.1) is 11.8 Å². The molecule has 1 fully saturated rings. The van der Waals surface area contributed by atoms with E-state index in [0.717, 1.165) is 55.0 Å². The van der Waals surface area contributed by atoms with Gasteiger partial charge < -0.3 is 51.0 Å². The molecule has 0 aliphatic heterocycles. The maximum atomic E-state index is 14.6. The molecule has 380 valence electrons. The number of carbonyl (C=O) groups is 7. The van der Waals surface area contributed by atoms with Crippen molar-refractivity contribution in [2.24, 2.45) is 11.8 Å². The van der Waals surface area contributed by atoms with E-state index in [1.165, 1.54) is 7.11 Å². The van der Waals surface area contributed by atoms with Crippen LogP contribution in [0.3, 0.4) is 0 Å². The summed E-state index contributed by atoms with van der Waals surface area (Å²) in [4.78, 5) is 107. The summed E-state index contributed by atoms with van der Waals surface area (Å²) in [6, 6.07) is 26.6. The molecular formula is C56H62N8O9. The van der Waals surface area contributed by atoms with Gasteiger partial charge in [0.2, 0.25) is 23.6 Å². The highest BCUT2D eigenvalue weighted by atomic mass is 16.5. The van der Waals surface area contributed by atoms with Crippen LogP contribution < -0.4 is 26.6 Å². The summed E-state index contributed by atoms with van der Waals surface area (Å²) >= 11 is 0. The van der Waals surface area contributed by atoms with Gasteiger partial charge in [-0.1, -0.05) is 105 Å². The largest absolute Gasteiger partial charge is 0.467 e. The number of para-hydroxylation sites is 3. The third kappa shape index (κ3) is 12.8. The Kier molecular flexibility index (Phi) is 16.7. The summed E-state index contributed by atoms with van der Waals surface area (Å²) in [7, 11) is 1.25. The first-order valence-corrected chi connectivity index (χ1v) is 24.8. The Morgan fingerprint density at radius 3 is 1.63 bits per heavy atom. The van der Waals surface area contributed by atoms with Crippen LogP contribution in [0.5, 0.6) is 0 Å². The fraction of sp³-hybridized carbons (Fsp3) is 0.339. The van der Waals surface area contributed by atoms with Crippen LogP contribution in [0.4, 0.5) is 4.79 Å². The van der Waals surface area contributed by atoms with Crippen molar-refractivity contribution in [1.29, 1.82) is 0 Å². The molecule has 6 atom stereocenters. The zero-order valence-electron chi connectivity index (χ0n) is 41.1. The summed E-state index contributed by atoms with van der Waals surface area (Å²) in [5.74, 6) is -3.97. The number of fused-ring (bicyclic) bond motifs is 3. The minimum atomic E-state index is -1.19. The number of nitrogens with one attached hydrogen (secondary N) is 8. The summed E-state index contributed by atoms with van der Waals surface area (Å²) in [6.07, 6.45) is 6.26. The van der Waals surface area contributed by atoms with E-state index in [-0.39, 0.29) is 50.4 Å². The van der Waals surface area contributed by atoms with E-state index in [4.69, 9.17) is 9.47 Å². The highest BCUT2D eigenvalue weighted by Gasteiger charge is 2.36. The van der Waals surface area contributed by atoms with E-state index in [2.05, 4.69) is 41.5 Å². The first kappa shape index (κ1) is 51.2. The zero-order chi connectivity index (χ0) is 51.4. The van der Waals surface area contributed by atoms with Crippen molar-refractivity contribution < 1.29 is 43.0 Å². The van der Waals surface area contributed by atoms with Crippen LogP contribution in [0.15, 0.2) is 122 Å². The number of H-pyrrole nitrogens is 3. The van der Waals surface area contributed by atoms with Crippen molar-refractivity contribution >= 4 is 74.2 Å². The van der Waals surface area contributed by atoms with E-state index < -0.39 is 71.8 Å². The number of rotatable bonds is 21. The number of aromatic amines is 3. The number of methoxy groups -OCH3 is 1. The first-order valence-electron chi connectivity index (χ1n) is 24.8. The Balaban J connectivity index is 0.960. The third-order valence-corrected chi connectivity index (χ3v) is 13.6. The lowest BCUT2D eigenvalue weighted by molar-refractivity contribution is -0.146. The van der Waals surface area contributed by atoms with Gasteiger partial charge in [-0.15, -0.1) is 0 Å². The molecule has 8 rings (SSSR count). The Hall–Kier alpha value is -8.21. The number of ketones is 1. The maximum absolute atomic E-state index is 14.6. The van der Waals surface area contributed by atoms with Crippen LogP contribution in [0.2, 0.25) is 0 Å². The van der Waals surface area contributed by atoms with Gasteiger partial charge in [-0.05, 0) is 65.6 Å². The lowest BCUT2D eigenvalue weighted by Crippen LogP contribution is -2.57. The fourth-order valence-electron chi connectivity index (χ4n) is 9.66. The molecule has 0 unspecified atom stereocenters. The second-order valence-corrected chi connectivity index (χ2v) is 19.0. The van der Waals surface area contributed by atoms with Gasteiger partial charge >= 0.3 is 12.1 Å². The van der Waals surface area contributed by atoms with Crippen LogP contribution >= 0.6 is 0 Å². The average molecular weight is 991 g/mol. The Bertz CT molecular complexity index is 3090. The number of carbonyl (C=O) groups excluding carboxylic acids is 7. The van der Waals surface area contributed by atoms with Gasteiger partial charge in [0, 0.05) is 82.9 Å². The second kappa shape index (κ2) is 23.8. The summed E-state index contributed by atoms with van der Waals surface area (Å²) < 4.78 is 10.5. The van der Waals surface area contributed by atoms with Gasteiger partial charge in [0.15, 0.2) is 5.78 Å². The molecule has 0 radical (unpaired) electrons. The smallest absolute Gasteiger partial charge is 0.408 e. The molecule has 1 aliphatic carbocycles. The summed E-state index contributed by atoms with van der Waals surface area (Å²) in [5.41, 5.74) is 5.61. The minimum absolute atomic E-state index is 0.0262. The standard InChI is InChI=1S/C56H62N8O9/c1-33(2)50(55(70)72-3)64-54(69)46(26-36-29-57-42-20-10-7-17-39(36)42)60-49(65)25-24-35-16-13-23-45(51(35)66)61-52(67)47(27-37-30-58-43-21-11-8-18-40(37)43)62-53(68)48(28-38-31-59-44-22-12-9-19-41(38)44)63-56(71)73-32-34-14-5-4-6-15-34/h4-12,14-15,17-22,29-31,33,35,45-48,50,57-59H,13,16,23-28,32H2,1-3H3,(H,60,65)(H,61,67)(H,62,68)(H,63,71)(H,64,69)/t35-,45-,46+,47+,48+,50+/m1/s1. The van der Waals surface area contributed by atoms with Crippen LogP contribution in [-0.2, 0) is 64.1 Å². The Labute approximate surface area is 422 Å². The van der Waals surface area contributed by atoms with Gasteiger partial charge in [-0.25, -0.2) is 9.59 Å². The number of alkyl carbamates (subject to hydrolysis) is 1. The highest BCUT2D eigenvalue weighted by molar-refractivity contribution is 5.97.